The molecule has 0 bridgehead atoms. The summed E-state index contributed by atoms with van der Waals surface area (Å²) in [6, 6.07) is 15.8. The van der Waals surface area contributed by atoms with Gasteiger partial charge in [-0.15, -0.1) is 0 Å². The lowest BCUT2D eigenvalue weighted by Gasteiger charge is -2.14. The van der Waals surface area contributed by atoms with Crippen LogP contribution in [0.5, 0.6) is 0 Å². The van der Waals surface area contributed by atoms with E-state index in [-0.39, 0.29) is 17.8 Å². The summed E-state index contributed by atoms with van der Waals surface area (Å²) in [6.45, 7) is 4.47. The smallest absolute Gasteiger partial charge is 0.253 e. The number of pyridine rings is 1. The van der Waals surface area contributed by atoms with Gasteiger partial charge in [-0.25, -0.2) is 4.39 Å². The molecule has 7 heteroatoms. The summed E-state index contributed by atoms with van der Waals surface area (Å²) in [5.41, 5.74) is 5.00. The molecule has 2 aromatic carbocycles. The fourth-order valence-corrected chi connectivity index (χ4v) is 3.83. The minimum Gasteiger partial charge on any atom is -0.350 e. The second-order valence-corrected chi connectivity index (χ2v) is 7.79. The Morgan fingerprint density at radius 2 is 1.84 bits per heavy atom. The number of nitrogens with zero attached hydrogens (tertiary/aromatic N) is 3. The van der Waals surface area contributed by atoms with Crippen LogP contribution in [-0.4, -0.2) is 21.7 Å². The summed E-state index contributed by atoms with van der Waals surface area (Å²) >= 11 is 0. The maximum absolute atomic E-state index is 13.2. The van der Waals surface area contributed by atoms with Crippen LogP contribution >= 0.6 is 0 Å². The summed E-state index contributed by atoms with van der Waals surface area (Å²) in [7, 11) is 1.92. The zero-order valence-electron chi connectivity index (χ0n) is 18.3. The Morgan fingerprint density at radius 3 is 2.56 bits per heavy atom. The van der Waals surface area contributed by atoms with Gasteiger partial charge in [-0.3, -0.25) is 14.5 Å². The normalized spacial score (nSPS) is 12.8. The summed E-state index contributed by atoms with van der Waals surface area (Å²) in [5.74, 6) is 5.48. The summed E-state index contributed by atoms with van der Waals surface area (Å²) in [6.07, 6.45) is 3.61. The first-order valence-electron chi connectivity index (χ1n) is 10.5. The van der Waals surface area contributed by atoms with E-state index in [0.29, 0.717) is 17.6 Å². The van der Waals surface area contributed by atoms with Crippen LogP contribution in [0.1, 0.15) is 35.8 Å². The minimum absolute atomic E-state index is 0.181. The number of fused-ring (bicyclic) bond motifs is 1. The molecule has 0 aliphatic heterocycles. The number of nitrogen functional groups attached to an aromatic ring is 1. The monoisotopic (exact) mass is 431 g/mol. The van der Waals surface area contributed by atoms with Crippen molar-refractivity contribution < 1.29 is 9.18 Å². The van der Waals surface area contributed by atoms with Gasteiger partial charge in [-0.1, -0.05) is 18.2 Å². The Hall–Kier alpha value is -3.87. The second kappa shape index (κ2) is 8.70. The SMILES string of the molecule is CC/N=c1/cc(-c2ccc3c(c2)c(C(=O)NC(C)c2ccc(F)cc2)cn3C)ccn1N. The highest BCUT2D eigenvalue weighted by Gasteiger charge is 2.17. The average Bonchev–Trinajstić information content (AvgIpc) is 3.12. The van der Waals surface area contributed by atoms with E-state index in [4.69, 9.17) is 5.84 Å². The van der Waals surface area contributed by atoms with Gasteiger partial charge in [0.25, 0.3) is 5.91 Å². The van der Waals surface area contributed by atoms with Crippen LogP contribution in [0.25, 0.3) is 22.0 Å². The van der Waals surface area contributed by atoms with E-state index >= 15 is 0 Å². The third kappa shape index (κ3) is 4.14. The van der Waals surface area contributed by atoms with Gasteiger partial charge < -0.3 is 15.7 Å². The molecule has 2 heterocycles. The van der Waals surface area contributed by atoms with Crippen molar-refractivity contribution in [1.29, 1.82) is 0 Å². The first kappa shape index (κ1) is 21.4. The third-order valence-corrected chi connectivity index (χ3v) is 5.57. The minimum atomic E-state index is -0.301. The molecule has 1 atom stereocenters. The average molecular weight is 432 g/mol. The van der Waals surface area contributed by atoms with Gasteiger partial charge in [0.15, 0.2) is 0 Å². The molecule has 164 valence electrons. The van der Waals surface area contributed by atoms with E-state index in [1.807, 2.05) is 62.0 Å². The zero-order valence-corrected chi connectivity index (χ0v) is 18.3. The number of halogens is 1. The highest BCUT2D eigenvalue weighted by molar-refractivity contribution is 6.08. The molecule has 4 aromatic rings. The van der Waals surface area contributed by atoms with Crippen LogP contribution < -0.4 is 16.6 Å². The van der Waals surface area contributed by atoms with Crippen LogP contribution in [0.15, 0.2) is 72.0 Å². The van der Waals surface area contributed by atoms with Crippen molar-refractivity contribution in [3.63, 3.8) is 0 Å². The number of carbonyl (C=O) groups is 1. The molecule has 3 N–H and O–H groups in total. The topological polar surface area (TPSA) is 77.3 Å². The number of aromatic nitrogens is 2. The van der Waals surface area contributed by atoms with E-state index in [2.05, 4.69) is 10.3 Å². The zero-order chi connectivity index (χ0) is 22.8. The van der Waals surface area contributed by atoms with Gasteiger partial charge in [-0.2, -0.15) is 0 Å². The Bertz CT molecular complexity index is 1350. The number of nitrogens with one attached hydrogen (secondary N) is 1. The molecule has 0 aliphatic carbocycles. The quantitative estimate of drug-likeness (QED) is 0.470. The van der Waals surface area contributed by atoms with Crippen molar-refractivity contribution in [1.82, 2.24) is 14.6 Å². The van der Waals surface area contributed by atoms with Gasteiger partial charge >= 0.3 is 0 Å². The highest BCUT2D eigenvalue weighted by atomic mass is 19.1. The number of carbonyl (C=O) groups excluding carboxylic acids is 1. The number of rotatable bonds is 5. The number of nitrogens with two attached hydrogens (primary N) is 1. The molecular formula is C25H26FN5O. The molecule has 2 aromatic heterocycles. The lowest BCUT2D eigenvalue weighted by molar-refractivity contribution is 0.0941. The molecule has 0 aliphatic rings. The lowest BCUT2D eigenvalue weighted by Crippen LogP contribution is -2.27. The number of amides is 1. The Labute approximate surface area is 185 Å². The molecule has 1 amide bonds. The Morgan fingerprint density at radius 1 is 1.12 bits per heavy atom. The molecule has 4 rings (SSSR count). The van der Waals surface area contributed by atoms with Gasteiger partial charge in [0.1, 0.15) is 11.3 Å². The predicted molar refractivity (Wildman–Crippen MR) is 125 cm³/mol. The molecule has 0 saturated heterocycles. The first-order chi connectivity index (χ1) is 15.4. The number of benzene rings is 2. The fourth-order valence-electron chi connectivity index (χ4n) is 3.83. The van der Waals surface area contributed by atoms with E-state index in [1.54, 1.807) is 18.3 Å². The van der Waals surface area contributed by atoms with Gasteiger partial charge in [0.2, 0.25) is 0 Å². The van der Waals surface area contributed by atoms with Crippen LogP contribution in [0.2, 0.25) is 0 Å². The molecule has 0 spiro atoms. The van der Waals surface area contributed by atoms with E-state index in [9.17, 15) is 9.18 Å². The Kier molecular flexibility index (Phi) is 5.81. The lowest BCUT2D eigenvalue weighted by atomic mass is 10.0. The van der Waals surface area contributed by atoms with Crippen molar-refractivity contribution in [2.45, 2.75) is 19.9 Å². The third-order valence-electron chi connectivity index (χ3n) is 5.57. The molecule has 0 radical (unpaired) electrons. The van der Waals surface area contributed by atoms with E-state index in [1.165, 1.54) is 16.8 Å². The van der Waals surface area contributed by atoms with Crippen molar-refractivity contribution in [3.8, 4) is 11.1 Å². The summed E-state index contributed by atoms with van der Waals surface area (Å²) < 4.78 is 16.6. The Balaban J connectivity index is 1.70. The molecule has 6 nitrogen and oxygen atoms in total. The highest BCUT2D eigenvalue weighted by Crippen LogP contribution is 2.27. The molecular weight excluding hydrogens is 405 g/mol. The van der Waals surface area contributed by atoms with Crippen LogP contribution in [0, 0.1) is 5.82 Å². The van der Waals surface area contributed by atoms with E-state index in [0.717, 1.165) is 27.6 Å². The van der Waals surface area contributed by atoms with Crippen molar-refractivity contribution in [2.75, 3.05) is 12.4 Å². The molecule has 0 saturated carbocycles. The predicted octanol–water partition coefficient (Wildman–Crippen LogP) is 3.91. The van der Waals surface area contributed by atoms with Gasteiger partial charge in [0.05, 0.1) is 11.6 Å². The van der Waals surface area contributed by atoms with Crippen LogP contribution in [-0.2, 0) is 7.05 Å². The number of hydrogen-bond donors (Lipinski definition) is 2. The number of aryl methyl sites for hydroxylation is 1. The van der Waals surface area contributed by atoms with Crippen molar-refractivity contribution in [2.24, 2.45) is 12.0 Å². The van der Waals surface area contributed by atoms with Crippen LogP contribution in [0.4, 0.5) is 4.39 Å². The fraction of sp³-hybridized carbons (Fsp3) is 0.200. The molecule has 0 fully saturated rings. The van der Waals surface area contributed by atoms with E-state index < -0.39 is 0 Å². The summed E-state index contributed by atoms with van der Waals surface area (Å²) in [5, 5.41) is 3.87. The van der Waals surface area contributed by atoms with Crippen molar-refractivity contribution in [3.05, 3.63) is 89.4 Å². The van der Waals surface area contributed by atoms with Crippen molar-refractivity contribution >= 4 is 16.8 Å². The maximum Gasteiger partial charge on any atom is 0.253 e. The van der Waals surface area contributed by atoms with Gasteiger partial charge in [-0.05, 0) is 66.9 Å². The second-order valence-electron chi connectivity index (χ2n) is 7.79. The standard InChI is InChI=1S/C25H26FN5O/c1-4-28-24-14-19(11-12-31(24)27)18-7-10-23-21(13-18)22(15-30(23)3)25(32)29-16(2)17-5-8-20(26)9-6-17/h5-16H,4,27H2,1-3H3,(H,29,32)/b28-24-. The van der Waals surface area contributed by atoms with Gasteiger partial charge in [0, 0.05) is 36.9 Å². The molecule has 1 unspecified atom stereocenters. The number of hydrogen-bond acceptors (Lipinski definition) is 3. The molecule has 32 heavy (non-hydrogen) atoms. The first-order valence-corrected chi connectivity index (χ1v) is 10.5. The largest absolute Gasteiger partial charge is 0.350 e. The maximum atomic E-state index is 13.2. The summed E-state index contributed by atoms with van der Waals surface area (Å²) in [4.78, 5) is 17.5. The van der Waals surface area contributed by atoms with Crippen LogP contribution in [0.3, 0.4) is 0 Å².